The van der Waals surface area contributed by atoms with Crippen LogP contribution in [-0.2, 0) is 9.53 Å². The number of aromatic nitrogens is 3. The van der Waals surface area contributed by atoms with Crippen molar-refractivity contribution in [3.8, 4) is 17.4 Å². The number of esters is 1. The molecule has 1 atom stereocenters. The van der Waals surface area contributed by atoms with Crippen LogP contribution in [0.3, 0.4) is 0 Å². The van der Waals surface area contributed by atoms with E-state index in [4.69, 9.17) is 19.6 Å². The van der Waals surface area contributed by atoms with Gasteiger partial charge in [-0.25, -0.2) is 14.5 Å². The molecule has 0 unspecified atom stereocenters. The summed E-state index contributed by atoms with van der Waals surface area (Å²) in [6, 6.07) is 17.8. The molecule has 5 rings (SSSR count). The van der Waals surface area contributed by atoms with E-state index in [9.17, 15) is 4.79 Å². The summed E-state index contributed by atoms with van der Waals surface area (Å²) >= 11 is 0. The molecule has 0 saturated heterocycles. The van der Waals surface area contributed by atoms with Crippen LogP contribution < -0.4 is 4.74 Å². The highest BCUT2D eigenvalue weighted by molar-refractivity contribution is 5.92. The van der Waals surface area contributed by atoms with Gasteiger partial charge in [0.2, 0.25) is 11.8 Å². The molecule has 4 aromatic rings. The van der Waals surface area contributed by atoms with Crippen LogP contribution in [0, 0.1) is 13.8 Å². The van der Waals surface area contributed by atoms with Crippen LogP contribution in [0.4, 0.5) is 0 Å². The minimum absolute atomic E-state index is 0.317. The van der Waals surface area contributed by atoms with Gasteiger partial charge in [-0.2, -0.15) is 5.10 Å². The van der Waals surface area contributed by atoms with E-state index in [1.165, 1.54) is 7.11 Å². The molecule has 0 aliphatic carbocycles. The van der Waals surface area contributed by atoms with E-state index in [0.29, 0.717) is 17.3 Å². The Morgan fingerprint density at radius 3 is 2.61 bits per heavy atom. The summed E-state index contributed by atoms with van der Waals surface area (Å²) in [5, 5.41) is 5.69. The van der Waals surface area contributed by atoms with E-state index in [1.54, 1.807) is 4.68 Å². The van der Waals surface area contributed by atoms with E-state index in [2.05, 4.69) is 6.58 Å². The molecular weight excluding hydrogens is 390 g/mol. The van der Waals surface area contributed by atoms with Crippen molar-refractivity contribution in [3.05, 3.63) is 89.1 Å². The summed E-state index contributed by atoms with van der Waals surface area (Å²) in [6.45, 7) is 8.01. The number of methoxy groups -OCH3 is 1. The van der Waals surface area contributed by atoms with Gasteiger partial charge in [-0.15, -0.1) is 0 Å². The van der Waals surface area contributed by atoms with Gasteiger partial charge in [0.25, 0.3) is 0 Å². The number of para-hydroxylation sites is 1. The number of aryl methyl sites for hydroxylation is 2. The highest BCUT2D eigenvalue weighted by Gasteiger charge is 2.38. The molecule has 3 heterocycles. The van der Waals surface area contributed by atoms with Gasteiger partial charge < -0.3 is 9.47 Å². The van der Waals surface area contributed by atoms with Crippen LogP contribution in [0.5, 0.6) is 11.8 Å². The average Bonchev–Trinajstić information content (AvgIpc) is 3.11. The van der Waals surface area contributed by atoms with Gasteiger partial charge in [0.15, 0.2) is 0 Å². The van der Waals surface area contributed by atoms with Gasteiger partial charge in [-0.3, -0.25) is 0 Å². The van der Waals surface area contributed by atoms with Crippen molar-refractivity contribution < 1.29 is 14.3 Å². The lowest BCUT2D eigenvalue weighted by Crippen LogP contribution is -2.19. The first-order valence-corrected chi connectivity index (χ1v) is 9.99. The maximum Gasteiger partial charge on any atom is 0.334 e. The second kappa shape index (κ2) is 7.09. The second-order valence-corrected chi connectivity index (χ2v) is 7.68. The van der Waals surface area contributed by atoms with Crippen molar-refractivity contribution >= 4 is 16.9 Å². The molecule has 154 valence electrons. The van der Waals surface area contributed by atoms with Crippen molar-refractivity contribution in [2.75, 3.05) is 7.11 Å². The molecule has 6 nitrogen and oxygen atoms in total. The van der Waals surface area contributed by atoms with Crippen LogP contribution in [0.15, 0.2) is 66.7 Å². The Morgan fingerprint density at radius 1 is 1.13 bits per heavy atom. The lowest BCUT2D eigenvalue weighted by molar-refractivity contribution is -0.136. The summed E-state index contributed by atoms with van der Waals surface area (Å²) < 4.78 is 13.1. The van der Waals surface area contributed by atoms with Crippen LogP contribution in [0.1, 0.15) is 28.3 Å². The largest absolute Gasteiger partial charge is 0.466 e. The molecule has 0 spiro atoms. The maximum absolute atomic E-state index is 12.5. The third kappa shape index (κ3) is 2.99. The second-order valence-electron chi connectivity index (χ2n) is 7.68. The van der Waals surface area contributed by atoms with Gasteiger partial charge in [0.05, 0.1) is 35.5 Å². The van der Waals surface area contributed by atoms with Crippen LogP contribution >= 0.6 is 0 Å². The number of carbonyl (C=O) groups excluding carboxylic acids is 1. The number of carbonyl (C=O) groups is 1. The molecule has 2 aromatic carbocycles. The van der Waals surface area contributed by atoms with Gasteiger partial charge in [0.1, 0.15) is 0 Å². The number of ether oxygens (including phenoxy) is 2. The molecule has 1 aliphatic rings. The normalized spacial score (nSPS) is 14.5. The number of rotatable bonds is 3. The first-order chi connectivity index (χ1) is 15.0. The molecule has 0 fully saturated rings. The highest BCUT2D eigenvalue weighted by Crippen LogP contribution is 2.49. The molecule has 31 heavy (non-hydrogen) atoms. The Kier molecular flexibility index (Phi) is 4.36. The van der Waals surface area contributed by atoms with E-state index in [1.807, 2.05) is 68.4 Å². The lowest BCUT2D eigenvalue weighted by atomic mass is 9.84. The Bertz CT molecular complexity index is 1350. The number of hydrogen-bond donors (Lipinski definition) is 0. The zero-order valence-corrected chi connectivity index (χ0v) is 17.5. The van der Waals surface area contributed by atoms with Gasteiger partial charge >= 0.3 is 5.97 Å². The molecule has 0 saturated carbocycles. The molecule has 0 amide bonds. The number of nitrogens with zero attached hydrogens (tertiary/aromatic N) is 3. The van der Waals surface area contributed by atoms with E-state index >= 15 is 0 Å². The van der Waals surface area contributed by atoms with Crippen LogP contribution in [0.25, 0.3) is 16.6 Å². The first-order valence-electron chi connectivity index (χ1n) is 9.99. The zero-order valence-electron chi connectivity index (χ0n) is 17.5. The highest BCUT2D eigenvalue weighted by atomic mass is 16.5. The number of hydrogen-bond acceptors (Lipinski definition) is 5. The summed E-state index contributed by atoms with van der Waals surface area (Å²) in [5.74, 6) is 0.0307. The van der Waals surface area contributed by atoms with E-state index in [-0.39, 0.29) is 0 Å². The summed E-state index contributed by atoms with van der Waals surface area (Å²) in [7, 11) is 1.36. The Balaban J connectivity index is 1.77. The predicted molar refractivity (Wildman–Crippen MR) is 118 cm³/mol. The van der Waals surface area contributed by atoms with Crippen molar-refractivity contribution in [3.63, 3.8) is 0 Å². The van der Waals surface area contributed by atoms with Crippen molar-refractivity contribution in [1.29, 1.82) is 0 Å². The average molecular weight is 411 g/mol. The minimum Gasteiger partial charge on any atom is -0.466 e. The van der Waals surface area contributed by atoms with Crippen LogP contribution in [0.2, 0.25) is 0 Å². The monoisotopic (exact) mass is 411 g/mol. The van der Waals surface area contributed by atoms with Crippen molar-refractivity contribution in [1.82, 2.24) is 14.8 Å². The predicted octanol–water partition coefficient (Wildman–Crippen LogP) is 5.00. The number of benzene rings is 2. The van der Waals surface area contributed by atoms with Crippen molar-refractivity contribution in [2.45, 2.75) is 19.8 Å². The minimum atomic E-state index is -0.473. The Hall–Kier alpha value is -3.93. The number of fused-ring (bicyclic) bond motifs is 3. The fraction of sp³-hybridized carbons (Fsp3) is 0.160. The van der Waals surface area contributed by atoms with Gasteiger partial charge in [0, 0.05) is 16.5 Å². The molecule has 0 bridgehead atoms. The van der Waals surface area contributed by atoms with Crippen LogP contribution in [-0.4, -0.2) is 27.8 Å². The topological polar surface area (TPSA) is 66.2 Å². The lowest BCUT2D eigenvalue weighted by Gasteiger charge is -2.27. The van der Waals surface area contributed by atoms with E-state index in [0.717, 1.165) is 39.0 Å². The third-order valence-corrected chi connectivity index (χ3v) is 5.65. The molecule has 0 N–H and O–H groups in total. The van der Waals surface area contributed by atoms with Gasteiger partial charge in [-0.05, 0) is 38.1 Å². The fourth-order valence-corrected chi connectivity index (χ4v) is 4.07. The maximum atomic E-state index is 12.5. The molecule has 6 heteroatoms. The molecule has 0 radical (unpaired) electrons. The van der Waals surface area contributed by atoms with Gasteiger partial charge in [-0.1, -0.05) is 42.5 Å². The fourth-order valence-electron chi connectivity index (χ4n) is 4.07. The Labute approximate surface area is 179 Å². The Morgan fingerprint density at radius 2 is 1.87 bits per heavy atom. The van der Waals surface area contributed by atoms with Crippen molar-refractivity contribution in [2.24, 2.45) is 0 Å². The molecule has 2 aromatic heterocycles. The third-order valence-electron chi connectivity index (χ3n) is 5.65. The zero-order chi connectivity index (χ0) is 21.7. The summed E-state index contributed by atoms with van der Waals surface area (Å²) in [4.78, 5) is 17.2. The standard InChI is InChI=1S/C25H21N3O3/c1-14-9-11-18(12-10-14)28-24-22(16(3)27-28)21(15(2)25(29)30-4)19-13-17-7-5-6-8-20(17)26-23(19)31-24/h5-13,21H,2H2,1,3-4H3/t21-/m0/s1. The molecular formula is C25H21N3O3. The summed E-state index contributed by atoms with van der Waals surface area (Å²) in [5.41, 5.74) is 5.46. The smallest absolute Gasteiger partial charge is 0.334 e. The first kappa shape index (κ1) is 19.1. The number of pyridine rings is 1. The SMILES string of the molecule is C=C(C(=O)OC)[C@H]1c2cc3ccccc3nc2Oc2c1c(C)nn2-c1ccc(C)cc1. The quantitative estimate of drug-likeness (QED) is 0.350. The summed E-state index contributed by atoms with van der Waals surface area (Å²) in [6.07, 6.45) is 0. The van der Waals surface area contributed by atoms with E-state index < -0.39 is 11.9 Å². The molecule has 1 aliphatic heterocycles.